The molecule has 0 unspecified atom stereocenters. The SMILES string of the molecule is CC1(C)CCCN(c2nccc(CN)n2)CC1. The van der Waals surface area contributed by atoms with Crippen molar-refractivity contribution in [1.82, 2.24) is 9.97 Å². The molecule has 4 heteroatoms. The molecule has 1 aromatic heterocycles. The average Bonchev–Trinajstić information content (AvgIpc) is 2.50. The van der Waals surface area contributed by atoms with Gasteiger partial charge in [0.05, 0.1) is 5.69 Å². The minimum absolute atomic E-state index is 0.445. The van der Waals surface area contributed by atoms with Gasteiger partial charge in [0.2, 0.25) is 5.95 Å². The molecule has 0 atom stereocenters. The molecule has 1 aliphatic rings. The van der Waals surface area contributed by atoms with Gasteiger partial charge >= 0.3 is 0 Å². The number of hydrogen-bond acceptors (Lipinski definition) is 4. The van der Waals surface area contributed by atoms with Crippen molar-refractivity contribution in [2.45, 2.75) is 39.7 Å². The van der Waals surface area contributed by atoms with Gasteiger partial charge in [-0.25, -0.2) is 9.97 Å². The monoisotopic (exact) mass is 234 g/mol. The maximum atomic E-state index is 5.61. The van der Waals surface area contributed by atoms with Gasteiger partial charge in [-0.15, -0.1) is 0 Å². The Kier molecular flexibility index (Phi) is 3.62. The zero-order valence-corrected chi connectivity index (χ0v) is 10.8. The predicted molar refractivity (Wildman–Crippen MR) is 69.8 cm³/mol. The molecule has 17 heavy (non-hydrogen) atoms. The smallest absolute Gasteiger partial charge is 0.225 e. The fourth-order valence-corrected chi connectivity index (χ4v) is 2.27. The van der Waals surface area contributed by atoms with Gasteiger partial charge in [-0.1, -0.05) is 13.8 Å². The predicted octanol–water partition coefficient (Wildman–Crippen LogP) is 1.95. The summed E-state index contributed by atoms with van der Waals surface area (Å²) in [6, 6.07) is 1.88. The van der Waals surface area contributed by atoms with Crippen molar-refractivity contribution >= 4 is 5.95 Å². The van der Waals surface area contributed by atoms with E-state index in [1.165, 1.54) is 19.3 Å². The summed E-state index contributed by atoms with van der Waals surface area (Å²) in [7, 11) is 0. The van der Waals surface area contributed by atoms with Crippen LogP contribution in [-0.4, -0.2) is 23.1 Å². The third-order valence-electron chi connectivity index (χ3n) is 3.53. The molecule has 0 bridgehead atoms. The maximum Gasteiger partial charge on any atom is 0.225 e. The summed E-state index contributed by atoms with van der Waals surface area (Å²) >= 11 is 0. The summed E-state index contributed by atoms with van der Waals surface area (Å²) in [5.74, 6) is 0.839. The van der Waals surface area contributed by atoms with Gasteiger partial charge in [-0.05, 0) is 30.7 Å². The number of nitrogens with two attached hydrogens (primary N) is 1. The normalized spacial score (nSPS) is 20.1. The van der Waals surface area contributed by atoms with Crippen LogP contribution in [0.5, 0.6) is 0 Å². The zero-order valence-electron chi connectivity index (χ0n) is 10.8. The molecule has 1 fully saturated rings. The van der Waals surface area contributed by atoms with E-state index >= 15 is 0 Å². The van der Waals surface area contributed by atoms with Crippen LogP contribution < -0.4 is 10.6 Å². The van der Waals surface area contributed by atoms with E-state index < -0.39 is 0 Å². The molecule has 2 rings (SSSR count). The molecule has 1 aliphatic heterocycles. The molecule has 0 aromatic carbocycles. The van der Waals surface area contributed by atoms with Gasteiger partial charge in [-0.2, -0.15) is 0 Å². The van der Waals surface area contributed by atoms with Gasteiger partial charge < -0.3 is 10.6 Å². The van der Waals surface area contributed by atoms with Crippen LogP contribution in [0.15, 0.2) is 12.3 Å². The topological polar surface area (TPSA) is 55.0 Å². The fraction of sp³-hybridized carbons (Fsp3) is 0.692. The van der Waals surface area contributed by atoms with Crippen molar-refractivity contribution in [3.05, 3.63) is 18.0 Å². The number of anilines is 1. The quantitative estimate of drug-likeness (QED) is 0.849. The van der Waals surface area contributed by atoms with Crippen LogP contribution in [0.4, 0.5) is 5.95 Å². The minimum Gasteiger partial charge on any atom is -0.341 e. The summed E-state index contributed by atoms with van der Waals surface area (Å²) in [4.78, 5) is 11.1. The van der Waals surface area contributed by atoms with E-state index in [9.17, 15) is 0 Å². The number of aromatic nitrogens is 2. The maximum absolute atomic E-state index is 5.61. The lowest BCUT2D eigenvalue weighted by molar-refractivity contribution is 0.325. The highest BCUT2D eigenvalue weighted by atomic mass is 15.2. The van der Waals surface area contributed by atoms with E-state index in [1.807, 2.05) is 6.07 Å². The van der Waals surface area contributed by atoms with Crippen LogP contribution in [0, 0.1) is 5.41 Å². The third-order valence-corrected chi connectivity index (χ3v) is 3.53. The molecular formula is C13H22N4. The molecule has 1 aromatic rings. The largest absolute Gasteiger partial charge is 0.341 e. The lowest BCUT2D eigenvalue weighted by atomic mass is 9.85. The van der Waals surface area contributed by atoms with Crippen molar-refractivity contribution < 1.29 is 0 Å². The van der Waals surface area contributed by atoms with Crippen LogP contribution in [0.3, 0.4) is 0 Å². The molecule has 2 N–H and O–H groups in total. The fourth-order valence-electron chi connectivity index (χ4n) is 2.27. The van der Waals surface area contributed by atoms with Crippen molar-refractivity contribution in [2.24, 2.45) is 11.1 Å². The number of hydrogen-bond donors (Lipinski definition) is 1. The van der Waals surface area contributed by atoms with Gasteiger partial charge in [0.25, 0.3) is 0 Å². The Balaban J connectivity index is 2.11. The van der Waals surface area contributed by atoms with Crippen molar-refractivity contribution in [2.75, 3.05) is 18.0 Å². The highest BCUT2D eigenvalue weighted by molar-refractivity contribution is 5.30. The highest BCUT2D eigenvalue weighted by Gasteiger charge is 2.24. The first-order chi connectivity index (χ1) is 8.11. The van der Waals surface area contributed by atoms with Gasteiger partial charge in [0.1, 0.15) is 0 Å². The first-order valence-electron chi connectivity index (χ1n) is 6.38. The summed E-state index contributed by atoms with van der Waals surface area (Å²) in [5.41, 5.74) is 6.97. The molecule has 0 aliphatic carbocycles. The molecule has 2 heterocycles. The molecule has 0 amide bonds. The molecule has 0 spiro atoms. The summed E-state index contributed by atoms with van der Waals surface area (Å²) < 4.78 is 0. The van der Waals surface area contributed by atoms with Crippen LogP contribution in [0.2, 0.25) is 0 Å². The van der Waals surface area contributed by atoms with E-state index in [4.69, 9.17) is 5.73 Å². The summed E-state index contributed by atoms with van der Waals surface area (Å²) in [6.07, 6.45) is 5.49. The standard InChI is InChI=1S/C13H22N4/c1-13(2)5-3-8-17(9-6-13)12-15-7-4-11(10-14)16-12/h4,7H,3,5-6,8-10,14H2,1-2H3. The van der Waals surface area contributed by atoms with E-state index in [0.29, 0.717) is 12.0 Å². The second-order valence-corrected chi connectivity index (χ2v) is 5.56. The van der Waals surface area contributed by atoms with E-state index in [-0.39, 0.29) is 0 Å². The Hall–Kier alpha value is -1.16. The minimum atomic E-state index is 0.445. The molecule has 0 saturated carbocycles. The van der Waals surface area contributed by atoms with Gasteiger partial charge in [0.15, 0.2) is 0 Å². The van der Waals surface area contributed by atoms with Crippen LogP contribution in [-0.2, 0) is 6.54 Å². The number of rotatable bonds is 2. The lowest BCUT2D eigenvalue weighted by Crippen LogP contribution is -2.27. The Labute approximate surface area is 103 Å². The highest BCUT2D eigenvalue weighted by Crippen LogP contribution is 2.30. The lowest BCUT2D eigenvalue weighted by Gasteiger charge is -2.23. The third kappa shape index (κ3) is 3.16. The van der Waals surface area contributed by atoms with E-state index in [0.717, 1.165) is 24.7 Å². The van der Waals surface area contributed by atoms with Crippen molar-refractivity contribution in [3.8, 4) is 0 Å². The first kappa shape index (κ1) is 12.3. The molecule has 4 nitrogen and oxygen atoms in total. The second-order valence-electron chi connectivity index (χ2n) is 5.56. The molecule has 1 saturated heterocycles. The Morgan fingerprint density at radius 3 is 2.94 bits per heavy atom. The number of nitrogens with zero attached hydrogens (tertiary/aromatic N) is 3. The molecule has 94 valence electrons. The van der Waals surface area contributed by atoms with Crippen LogP contribution >= 0.6 is 0 Å². The van der Waals surface area contributed by atoms with E-state index in [1.54, 1.807) is 6.20 Å². The molecule has 0 radical (unpaired) electrons. The summed E-state index contributed by atoms with van der Waals surface area (Å²) in [6.45, 7) is 7.26. The van der Waals surface area contributed by atoms with Crippen molar-refractivity contribution in [1.29, 1.82) is 0 Å². The second kappa shape index (κ2) is 5.00. The first-order valence-corrected chi connectivity index (χ1v) is 6.38. The van der Waals surface area contributed by atoms with E-state index in [2.05, 4.69) is 28.7 Å². The Bertz CT molecular complexity index is 375. The van der Waals surface area contributed by atoms with Gasteiger partial charge in [0, 0.05) is 25.8 Å². The Morgan fingerprint density at radius 1 is 1.35 bits per heavy atom. The summed E-state index contributed by atoms with van der Waals surface area (Å²) in [5, 5.41) is 0. The van der Waals surface area contributed by atoms with Gasteiger partial charge in [-0.3, -0.25) is 0 Å². The Morgan fingerprint density at radius 2 is 2.18 bits per heavy atom. The zero-order chi connectivity index (χ0) is 12.3. The molecular weight excluding hydrogens is 212 g/mol. The van der Waals surface area contributed by atoms with Crippen molar-refractivity contribution in [3.63, 3.8) is 0 Å². The average molecular weight is 234 g/mol. The van der Waals surface area contributed by atoms with Crippen LogP contribution in [0.25, 0.3) is 0 Å². The van der Waals surface area contributed by atoms with Crippen LogP contribution in [0.1, 0.15) is 38.8 Å².